The van der Waals surface area contributed by atoms with Gasteiger partial charge < -0.3 is 19.5 Å². The first kappa shape index (κ1) is 15.7. The minimum absolute atomic E-state index is 0.0480. The summed E-state index contributed by atoms with van der Waals surface area (Å²) >= 11 is 0. The van der Waals surface area contributed by atoms with Crippen LogP contribution in [0.5, 0.6) is 0 Å². The summed E-state index contributed by atoms with van der Waals surface area (Å²) in [6.07, 6.45) is 6.15. The van der Waals surface area contributed by atoms with Gasteiger partial charge in [0.15, 0.2) is 0 Å². The maximum absolute atomic E-state index is 11.8. The molecule has 20 heavy (non-hydrogen) atoms. The van der Waals surface area contributed by atoms with Crippen LogP contribution in [0.25, 0.3) is 0 Å². The van der Waals surface area contributed by atoms with Crippen molar-refractivity contribution < 1.29 is 19.0 Å². The molecule has 2 unspecified atom stereocenters. The third kappa shape index (κ3) is 5.38. The van der Waals surface area contributed by atoms with Crippen LogP contribution in [0.4, 0.5) is 0 Å². The number of methoxy groups -OCH3 is 1. The summed E-state index contributed by atoms with van der Waals surface area (Å²) in [4.78, 5) is 11.8. The molecule has 2 heterocycles. The molecule has 2 aliphatic rings. The number of ether oxygens (including phenoxy) is 3. The van der Waals surface area contributed by atoms with E-state index in [1.807, 2.05) is 0 Å². The zero-order valence-corrected chi connectivity index (χ0v) is 12.4. The largest absolute Gasteiger partial charge is 0.466 e. The lowest BCUT2D eigenvalue weighted by Gasteiger charge is -2.28. The molecule has 2 bridgehead atoms. The fraction of sp³-hybridized carbons (Fsp3) is 0.933. The number of hydrogen-bond acceptors (Lipinski definition) is 5. The Kier molecular flexibility index (Phi) is 6.76. The van der Waals surface area contributed by atoms with E-state index < -0.39 is 0 Å². The van der Waals surface area contributed by atoms with Gasteiger partial charge in [-0.15, -0.1) is 0 Å². The van der Waals surface area contributed by atoms with Crippen molar-refractivity contribution in [3.8, 4) is 0 Å². The van der Waals surface area contributed by atoms with Crippen molar-refractivity contribution in [1.29, 1.82) is 0 Å². The molecule has 2 saturated heterocycles. The number of fused-ring (bicyclic) bond motifs is 2. The third-order valence-electron chi connectivity index (χ3n) is 4.15. The van der Waals surface area contributed by atoms with Gasteiger partial charge >= 0.3 is 5.97 Å². The Morgan fingerprint density at radius 2 is 1.85 bits per heavy atom. The lowest BCUT2D eigenvalue weighted by atomic mass is 9.90. The van der Waals surface area contributed by atoms with Crippen LogP contribution >= 0.6 is 0 Å². The van der Waals surface area contributed by atoms with Gasteiger partial charge in [0, 0.05) is 38.6 Å². The van der Waals surface area contributed by atoms with E-state index >= 15 is 0 Å². The Hall–Kier alpha value is -0.650. The average Bonchev–Trinajstić information content (AvgIpc) is 2.77. The number of carbonyl (C=O) groups excluding carboxylic acids is 1. The van der Waals surface area contributed by atoms with Crippen molar-refractivity contribution in [2.45, 2.75) is 50.6 Å². The molecular formula is C15H27NO4. The standard InChI is InChI=1S/C15H27NO4/c1-18-7-8-19-5-2-6-20-15(17)11-12-9-13-3-4-14(10-12)16-13/h12-14,16H,2-11H2,1H3. The van der Waals surface area contributed by atoms with Crippen molar-refractivity contribution in [3.05, 3.63) is 0 Å². The molecule has 5 heteroatoms. The van der Waals surface area contributed by atoms with E-state index in [4.69, 9.17) is 14.2 Å². The number of rotatable bonds is 9. The molecule has 0 aromatic rings. The first-order valence-electron chi connectivity index (χ1n) is 7.76. The molecule has 5 nitrogen and oxygen atoms in total. The topological polar surface area (TPSA) is 56.8 Å². The summed E-state index contributed by atoms with van der Waals surface area (Å²) < 4.78 is 15.5. The van der Waals surface area contributed by atoms with E-state index in [2.05, 4.69) is 5.32 Å². The Morgan fingerprint density at radius 1 is 1.10 bits per heavy atom. The summed E-state index contributed by atoms with van der Waals surface area (Å²) in [6.45, 7) is 2.29. The second kappa shape index (κ2) is 8.60. The highest BCUT2D eigenvalue weighted by atomic mass is 16.5. The predicted octanol–water partition coefficient (Wildman–Crippen LogP) is 1.50. The van der Waals surface area contributed by atoms with E-state index in [0.717, 1.165) is 19.3 Å². The summed E-state index contributed by atoms with van der Waals surface area (Å²) in [5.74, 6) is 0.465. The van der Waals surface area contributed by atoms with Crippen LogP contribution in [0.3, 0.4) is 0 Å². The molecule has 116 valence electrons. The zero-order valence-electron chi connectivity index (χ0n) is 12.4. The van der Waals surface area contributed by atoms with Crippen LogP contribution in [-0.2, 0) is 19.0 Å². The van der Waals surface area contributed by atoms with Gasteiger partial charge in [-0.3, -0.25) is 4.79 Å². The molecule has 0 amide bonds. The first-order chi connectivity index (χ1) is 9.78. The number of hydrogen-bond donors (Lipinski definition) is 1. The second-order valence-electron chi connectivity index (χ2n) is 5.86. The molecule has 0 spiro atoms. The second-order valence-corrected chi connectivity index (χ2v) is 5.86. The molecule has 0 saturated carbocycles. The van der Waals surface area contributed by atoms with Crippen molar-refractivity contribution in [3.63, 3.8) is 0 Å². The van der Waals surface area contributed by atoms with E-state index in [0.29, 0.717) is 50.8 Å². The van der Waals surface area contributed by atoms with Gasteiger partial charge in [0.25, 0.3) is 0 Å². The van der Waals surface area contributed by atoms with Crippen molar-refractivity contribution in [1.82, 2.24) is 5.32 Å². The molecule has 2 atom stereocenters. The van der Waals surface area contributed by atoms with E-state index in [9.17, 15) is 4.79 Å². The number of nitrogens with one attached hydrogen (secondary N) is 1. The lowest BCUT2D eigenvalue weighted by molar-refractivity contribution is -0.145. The van der Waals surface area contributed by atoms with E-state index in [1.165, 1.54) is 12.8 Å². The Morgan fingerprint density at radius 3 is 2.55 bits per heavy atom. The fourth-order valence-electron chi connectivity index (χ4n) is 3.23. The van der Waals surface area contributed by atoms with E-state index in [-0.39, 0.29) is 5.97 Å². The van der Waals surface area contributed by atoms with Crippen LogP contribution in [0.2, 0.25) is 0 Å². The highest BCUT2D eigenvalue weighted by Gasteiger charge is 2.34. The summed E-state index contributed by atoms with van der Waals surface area (Å²) in [5.41, 5.74) is 0. The Labute approximate surface area is 121 Å². The smallest absolute Gasteiger partial charge is 0.306 e. The normalized spacial score (nSPS) is 28.6. The molecule has 2 fully saturated rings. The molecular weight excluding hydrogens is 258 g/mol. The summed E-state index contributed by atoms with van der Waals surface area (Å²) in [5, 5.41) is 3.59. The van der Waals surface area contributed by atoms with Crippen LogP contribution < -0.4 is 5.32 Å². The molecule has 2 rings (SSSR count). The predicted molar refractivity (Wildman–Crippen MR) is 75.6 cm³/mol. The minimum atomic E-state index is -0.0480. The maximum atomic E-state index is 11.8. The zero-order chi connectivity index (χ0) is 14.2. The molecule has 2 aliphatic heterocycles. The summed E-state index contributed by atoms with van der Waals surface area (Å²) in [7, 11) is 1.65. The van der Waals surface area contributed by atoms with Crippen molar-refractivity contribution >= 4 is 5.97 Å². The van der Waals surface area contributed by atoms with Crippen LogP contribution in [-0.4, -0.2) is 51.6 Å². The van der Waals surface area contributed by atoms with Gasteiger partial charge in [-0.2, -0.15) is 0 Å². The van der Waals surface area contributed by atoms with Crippen LogP contribution in [0.15, 0.2) is 0 Å². The fourth-order valence-corrected chi connectivity index (χ4v) is 3.23. The number of carbonyl (C=O) groups is 1. The van der Waals surface area contributed by atoms with Crippen molar-refractivity contribution in [2.75, 3.05) is 33.5 Å². The van der Waals surface area contributed by atoms with Crippen molar-refractivity contribution in [2.24, 2.45) is 5.92 Å². The van der Waals surface area contributed by atoms with Crippen LogP contribution in [0.1, 0.15) is 38.5 Å². The lowest BCUT2D eigenvalue weighted by Crippen LogP contribution is -2.38. The highest BCUT2D eigenvalue weighted by Crippen LogP contribution is 2.32. The maximum Gasteiger partial charge on any atom is 0.306 e. The molecule has 1 N–H and O–H groups in total. The van der Waals surface area contributed by atoms with Gasteiger partial charge in [0.05, 0.1) is 19.8 Å². The Balaban J connectivity index is 1.48. The number of piperidine rings is 1. The monoisotopic (exact) mass is 285 g/mol. The van der Waals surface area contributed by atoms with Crippen LogP contribution in [0, 0.1) is 5.92 Å². The molecule has 0 aromatic carbocycles. The van der Waals surface area contributed by atoms with Gasteiger partial charge in [-0.25, -0.2) is 0 Å². The SMILES string of the molecule is COCCOCCCOC(=O)CC1CC2CCC(C1)N2. The molecule has 0 radical (unpaired) electrons. The van der Waals surface area contributed by atoms with Gasteiger partial charge in [-0.05, 0) is 31.6 Å². The highest BCUT2D eigenvalue weighted by molar-refractivity contribution is 5.69. The van der Waals surface area contributed by atoms with Gasteiger partial charge in [0.1, 0.15) is 0 Å². The van der Waals surface area contributed by atoms with Gasteiger partial charge in [0.2, 0.25) is 0 Å². The summed E-state index contributed by atoms with van der Waals surface area (Å²) in [6, 6.07) is 1.28. The average molecular weight is 285 g/mol. The van der Waals surface area contributed by atoms with E-state index in [1.54, 1.807) is 7.11 Å². The quantitative estimate of drug-likeness (QED) is 0.514. The Bertz CT molecular complexity index is 286. The van der Waals surface area contributed by atoms with Gasteiger partial charge in [-0.1, -0.05) is 0 Å². The minimum Gasteiger partial charge on any atom is -0.466 e. The molecule has 0 aromatic heterocycles. The third-order valence-corrected chi connectivity index (χ3v) is 4.15. The first-order valence-corrected chi connectivity index (χ1v) is 7.76. The molecule has 0 aliphatic carbocycles. The number of esters is 1.